The van der Waals surface area contributed by atoms with E-state index in [4.69, 9.17) is 5.84 Å². The van der Waals surface area contributed by atoms with Crippen LogP contribution in [0.2, 0.25) is 0 Å². The van der Waals surface area contributed by atoms with Crippen molar-refractivity contribution in [3.8, 4) is 11.4 Å². The molecule has 2 rings (SSSR count). The summed E-state index contributed by atoms with van der Waals surface area (Å²) in [5.41, 5.74) is 0.980. The molecule has 96 valence electrons. The van der Waals surface area contributed by atoms with E-state index in [1.807, 2.05) is 30.3 Å². The summed E-state index contributed by atoms with van der Waals surface area (Å²) < 4.78 is 1.55. The van der Waals surface area contributed by atoms with Crippen molar-refractivity contribution in [1.82, 2.24) is 14.9 Å². The molecule has 0 atom stereocenters. The molecular formula is C12H16N4S2. The largest absolute Gasteiger partial charge is 0.335 e. The van der Waals surface area contributed by atoms with Gasteiger partial charge in [-0.05, 0) is 16.7 Å². The SMILES string of the molecule is CC(C)CSSc1nnc(-c2ccccc2)n1N. The van der Waals surface area contributed by atoms with Gasteiger partial charge in [0.25, 0.3) is 0 Å². The molecule has 0 aliphatic heterocycles. The van der Waals surface area contributed by atoms with Gasteiger partial charge < -0.3 is 5.84 Å². The van der Waals surface area contributed by atoms with Crippen LogP contribution in [0.4, 0.5) is 0 Å². The van der Waals surface area contributed by atoms with Gasteiger partial charge in [0, 0.05) is 11.3 Å². The maximum Gasteiger partial charge on any atom is 0.220 e. The fraction of sp³-hybridized carbons (Fsp3) is 0.333. The van der Waals surface area contributed by atoms with Crippen molar-refractivity contribution in [3.05, 3.63) is 30.3 Å². The summed E-state index contributed by atoms with van der Waals surface area (Å²) in [6.45, 7) is 4.38. The molecule has 0 bridgehead atoms. The molecule has 1 aromatic heterocycles. The Morgan fingerprint density at radius 1 is 1.22 bits per heavy atom. The van der Waals surface area contributed by atoms with E-state index < -0.39 is 0 Å². The molecule has 0 unspecified atom stereocenters. The predicted molar refractivity (Wildman–Crippen MR) is 78.8 cm³/mol. The number of nitrogens with zero attached hydrogens (tertiary/aromatic N) is 3. The molecule has 18 heavy (non-hydrogen) atoms. The van der Waals surface area contributed by atoms with Crippen LogP contribution < -0.4 is 5.84 Å². The first-order chi connectivity index (χ1) is 8.68. The van der Waals surface area contributed by atoms with E-state index in [2.05, 4.69) is 24.0 Å². The second-order valence-electron chi connectivity index (χ2n) is 4.30. The smallest absolute Gasteiger partial charge is 0.220 e. The van der Waals surface area contributed by atoms with Gasteiger partial charge in [-0.2, -0.15) is 0 Å². The fourth-order valence-electron chi connectivity index (χ4n) is 1.34. The van der Waals surface area contributed by atoms with E-state index in [-0.39, 0.29) is 0 Å². The Balaban J connectivity index is 2.09. The number of hydrogen-bond donors (Lipinski definition) is 1. The molecule has 2 aromatic rings. The molecule has 0 radical (unpaired) electrons. The normalized spacial score (nSPS) is 11.1. The summed E-state index contributed by atoms with van der Waals surface area (Å²) in [5.74, 6) is 8.43. The Labute approximate surface area is 115 Å². The van der Waals surface area contributed by atoms with Gasteiger partial charge in [-0.25, -0.2) is 4.68 Å². The quantitative estimate of drug-likeness (QED) is 0.674. The van der Waals surface area contributed by atoms with Crippen LogP contribution in [0.15, 0.2) is 35.5 Å². The number of rotatable bonds is 5. The number of hydrogen-bond acceptors (Lipinski definition) is 5. The Morgan fingerprint density at radius 3 is 2.61 bits per heavy atom. The minimum absolute atomic E-state index is 0.658. The Hall–Kier alpha value is -1.14. The molecule has 0 aliphatic rings. The van der Waals surface area contributed by atoms with Gasteiger partial charge in [-0.1, -0.05) is 55.0 Å². The number of aromatic nitrogens is 3. The Kier molecular flexibility index (Phi) is 4.54. The van der Waals surface area contributed by atoms with Crippen LogP contribution in [-0.4, -0.2) is 20.6 Å². The third-order valence-corrected chi connectivity index (χ3v) is 4.79. The van der Waals surface area contributed by atoms with Gasteiger partial charge in [0.05, 0.1) is 0 Å². The second kappa shape index (κ2) is 6.15. The third kappa shape index (κ3) is 3.20. The van der Waals surface area contributed by atoms with Gasteiger partial charge >= 0.3 is 0 Å². The van der Waals surface area contributed by atoms with E-state index >= 15 is 0 Å². The fourth-order valence-corrected chi connectivity index (χ4v) is 3.71. The predicted octanol–water partition coefficient (Wildman–Crippen LogP) is 3.06. The summed E-state index contributed by atoms with van der Waals surface area (Å²) in [6.07, 6.45) is 0. The molecule has 2 N–H and O–H groups in total. The van der Waals surface area contributed by atoms with Crippen LogP contribution in [0, 0.1) is 5.92 Å². The molecular weight excluding hydrogens is 264 g/mol. The maximum absolute atomic E-state index is 6.01. The van der Waals surface area contributed by atoms with E-state index in [1.54, 1.807) is 26.3 Å². The highest BCUT2D eigenvalue weighted by Gasteiger charge is 2.12. The minimum atomic E-state index is 0.658. The maximum atomic E-state index is 6.01. The summed E-state index contributed by atoms with van der Waals surface area (Å²) in [6, 6.07) is 9.84. The van der Waals surface area contributed by atoms with E-state index in [9.17, 15) is 0 Å². The highest BCUT2D eigenvalue weighted by molar-refractivity contribution is 8.76. The van der Waals surface area contributed by atoms with Crippen LogP contribution in [-0.2, 0) is 0 Å². The Bertz CT molecular complexity index is 496. The van der Waals surface area contributed by atoms with Crippen molar-refractivity contribution < 1.29 is 0 Å². The van der Waals surface area contributed by atoms with Crippen molar-refractivity contribution >= 4 is 21.6 Å². The molecule has 0 amide bonds. The topological polar surface area (TPSA) is 56.7 Å². The molecule has 0 saturated carbocycles. The summed E-state index contributed by atoms with van der Waals surface area (Å²) in [4.78, 5) is 0. The van der Waals surface area contributed by atoms with Crippen molar-refractivity contribution in [2.45, 2.75) is 19.0 Å². The first-order valence-corrected chi connectivity index (χ1v) is 8.05. The molecule has 6 heteroatoms. The molecule has 1 heterocycles. The Morgan fingerprint density at radius 2 is 1.94 bits per heavy atom. The second-order valence-corrected chi connectivity index (χ2v) is 6.61. The number of nitrogen functional groups attached to an aromatic ring is 1. The molecule has 0 aliphatic carbocycles. The molecule has 1 aromatic carbocycles. The van der Waals surface area contributed by atoms with Gasteiger partial charge in [0.2, 0.25) is 5.16 Å². The lowest BCUT2D eigenvalue weighted by Crippen LogP contribution is -2.11. The van der Waals surface area contributed by atoms with Crippen LogP contribution in [0.5, 0.6) is 0 Å². The van der Waals surface area contributed by atoms with Crippen molar-refractivity contribution in [2.75, 3.05) is 11.6 Å². The summed E-state index contributed by atoms with van der Waals surface area (Å²) >= 11 is 0. The highest BCUT2D eigenvalue weighted by Crippen LogP contribution is 2.31. The van der Waals surface area contributed by atoms with Crippen molar-refractivity contribution in [3.63, 3.8) is 0 Å². The monoisotopic (exact) mass is 280 g/mol. The zero-order chi connectivity index (χ0) is 13.0. The van der Waals surface area contributed by atoms with E-state index in [0.29, 0.717) is 11.7 Å². The number of nitrogens with two attached hydrogens (primary N) is 1. The minimum Gasteiger partial charge on any atom is -0.335 e. The third-order valence-electron chi connectivity index (χ3n) is 2.23. The number of benzene rings is 1. The molecule has 0 fully saturated rings. The zero-order valence-electron chi connectivity index (χ0n) is 10.4. The van der Waals surface area contributed by atoms with Gasteiger partial charge in [-0.3, -0.25) is 0 Å². The van der Waals surface area contributed by atoms with Crippen LogP contribution >= 0.6 is 21.6 Å². The van der Waals surface area contributed by atoms with Gasteiger partial charge in [0.1, 0.15) is 0 Å². The summed E-state index contributed by atoms with van der Waals surface area (Å²) in [5, 5.41) is 8.99. The lowest BCUT2D eigenvalue weighted by molar-refractivity contribution is 0.752. The highest BCUT2D eigenvalue weighted by atomic mass is 33.1. The van der Waals surface area contributed by atoms with Crippen LogP contribution in [0.25, 0.3) is 11.4 Å². The molecule has 0 saturated heterocycles. The van der Waals surface area contributed by atoms with Crippen molar-refractivity contribution in [2.24, 2.45) is 5.92 Å². The zero-order valence-corrected chi connectivity index (χ0v) is 12.0. The van der Waals surface area contributed by atoms with Crippen LogP contribution in [0.3, 0.4) is 0 Å². The first kappa shape index (κ1) is 13.3. The average molecular weight is 280 g/mol. The molecule has 0 spiro atoms. The van der Waals surface area contributed by atoms with Crippen molar-refractivity contribution in [1.29, 1.82) is 0 Å². The first-order valence-electron chi connectivity index (χ1n) is 5.74. The summed E-state index contributed by atoms with van der Waals surface area (Å²) in [7, 11) is 3.32. The average Bonchev–Trinajstić information content (AvgIpc) is 2.72. The van der Waals surface area contributed by atoms with Crippen LogP contribution in [0.1, 0.15) is 13.8 Å². The van der Waals surface area contributed by atoms with E-state index in [1.165, 1.54) is 0 Å². The van der Waals surface area contributed by atoms with E-state index in [0.717, 1.165) is 16.5 Å². The lowest BCUT2D eigenvalue weighted by Gasteiger charge is -2.04. The van der Waals surface area contributed by atoms with Gasteiger partial charge in [0.15, 0.2) is 5.82 Å². The van der Waals surface area contributed by atoms with Gasteiger partial charge in [-0.15, -0.1) is 10.2 Å². The lowest BCUT2D eigenvalue weighted by atomic mass is 10.2. The molecule has 4 nitrogen and oxygen atoms in total. The standard InChI is InChI=1S/C12H16N4S2/c1-9(2)8-17-18-12-15-14-11(16(12)13)10-6-4-3-5-7-10/h3-7,9H,8,13H2,1-2H3.